The number of fused-ring (bicyclic) bond motifs is 2. The molecule has 5 rings (SSSR count). The molecule has 0 saturated carbocycles. The van der Waals surface area contributed by atoms with Crippen molar-refractivity contribution >= 4 is 60.9 Å². The van der Waals surface area contributed by atoms with Gasteiger partial charge in [0.25, 0.3) is 0 Å². The lowest BCUT2D eigenvalue weighted by atomic mass is 10.1. The molecule has 4 aromatic rings. The van der Waals surface area contributed by atoms with Crippen LogP contribution >= 0.6 is 23.1 Å². The number of ether oxygens (including phenoxy) is 1. The minimum Gasteiger partial charge on any atom is -0.378 e. The number of hydrogen-bond acceptors (Lipinski definition) is 8. The number of nitrogens with one attached hydrogen (secondary N) is 1. The molecule has 1 N–H and O–H groups in total. The van der Waals surface area contributed by atoms with Crippen molar-refractivity contribution in [2.75, 3.05) is 42.3 Å². The molecule has 0 bridgehead atoms. The maximum atomic E-state index is 5.53. The fraction of sp³-hybridized carbons (Fsp3) is 0.318. The van der Waals surface area contributed by atoms with Crippen LogP contribution in [0.2, 0.25) is 0 Å². The van der Waals surface area contributed by atoms with Crippen molar-refractivity contribution in [1.29, 1.82) is 0 Å². The number of benzene rings is 2. The highest BCUT2D eigenvalue weighted by Gasteiger charge is 2.21. The van der Waals surface area contributed by atoms with Crippen LogP contribution in [0.4, 0.5) is 16.6 Å². The van der Waals surface area contributed by atoms with E-state index in [1.54, 1.807) is 23.1 Å². The van der Waals surface area contributed by atoms with Gasteiger partial charge in [0.1, 0.15) is 5.52 Å². The lowest BCUT2D eigenvalue weighted by molar-refractivity contribution is 0.122. The monoisotopic (exact) mass is 437 g/mol. The molecule has 6 nitrogen and oxygen atoms in total. The van der Waals surface area contributed by atoms with Gasteiger partial charge < -0.3 is 15.0 Å². The highest BCUT2D eigenvalue weighted by atomic mass is 32.2. The van der Waals surface area contributed by atoms with Gasteiger partial charge in [0.05, 0.1) is 13.2 Å². The second kappa shape index (κ2) is 8.75. The van der Waals surface area contributed by atoms with Crippen molar-refractivity contribution in [2.45, 2.75) is 18.5 Å². The fourth-order valence-corrected chi connectivity index (χ4v) is 5.14. The zero-order valence-corrected chi connectivity index (χ0v) is 18.4. The molecular weight excluding hydrogens is 414 g/mol. The van der Waals surface area contributed by atoms with Crippen LogP contribution in [0, 0.1) is 0 Å². The summed E-state index contributed by atoms with van der Waals surface area (Å²) in [4.78, 5) is 17.8. The summed E-state index contributed by atoms with van der Waals surface area (Å²) in [7, 11) is 0. The Morgan fingerprint density at radius 1 is 1.07 bits per heavy atom. The summed E-state index contributed by atoms with van der Waals surface area (Å²) < 4.78 is 5.53. The highest BCUT2D eigenvalue weighted by molar-refractivity contribution is 7.99. The Balaban J connectivity index is 1.55. The SMILES string of the molecule is CCCSc1nc(N2CCOCC2)c2nc(Nc3cccc4ccccc34)sc2n1. The van der Waals surface area contributed by atoms with E-state index in [0.717, 1.165) is 57.4 Å². The number of aromatic nitrogens is 3. The molecular formula is C22H23N5OS2. The summed E-state index contributed by atoms with van der Waals surface area (Å²) in [6.45, 7) is 5.26. The van der Waals surface area contributed by atoms with Gasteiger partial charge in [-0.15, -0.1) is 0 Å². The van der Waals surface area contributed by atoms with Crippen LogP contribution in [0.25, 0.3) is 21.1 Å². The molecule has 0 atom stereocenters. The minimum absolute atomic E-state index is 0.716. The Hall–Kier alpha value is -2.42. The second-order valence-corrected chi connectivity index (χ2v) is 9.14. The largest absolute Gasteiger partial charge is 0.378 e. The lowest BCUT2D eigenvalue weighted by Gasteiger charge is -2.28. The zero-order valence-electron chi connectivity index (χ0n) is 16.8. The number of nitrogens with zero attached hydrogens (tertiary/aromatic N) is 4. The number of thiazole rings is 1. The van der Waals surface area contributed by atoms with Gasteiger partial charge in [-0.25, -0.2) is 15.0 Å². The summed E-state index contributed by atoms with van der Waals surface area (Å²) in [6, 6.07) is 14.6. The van der Waals surface area contributed by atoms with E-state index in [4.69, 9.17) is 19.7 Å². The Morgan fingerprint density at radius 3 is 2.77 bits per heavy atom. The first-order valence-electron chi connectivity index (χ1n) is 10.2. The first kappa shape index (κ1) is 19.5. The van der Waals surface area contributed by atoms with Gasteiger partial charge in [0.15, 0.2) is 20.9 Å². The van der Waals surface area contributed by atoms with E-state index in [9.17, 15) is 0 Å². The van der Waals surface area contributed by atoms with Crippen LogP contribution in [-0.4, -0.2) is 47.0 Å². The third kappa shape index (κ3) is 3.95. The molecule has 0 amide bonds. The van der Waals surface area contributed by atoms with Crippen molar-refractivity contribution in [1.82, 2.24) is 15.0 Å². The predicted molar refractivity (Wildman–Crippen MR) is 126 cm³/mol. The molecule has 0 radical (unpaired) electrons. The van der Waals surface area contributed by atoms with Crippen LogP contribution in [0.15, 0.2) is 47.6 Å². The number of rotatable bonds is 6. The van der Waals surface area contributed by atoms with E-state index in [1.165, 1.54) is 10.8 Å². The molecule has 154 valence electrons. The van der Waals surface area contributed by atoms with E-state index < -0.39 is 0 Å². The molecule has 3 heterocycles. The number of anilines is 3. The number of thioether (sulfide) groups is 1. The average molecular weight is 438 g/mol. The van der Waals surface area contributed by atoms with E-state index in [2.05, 4.69) is 59.6 Å². The third-order valence-electron chi connectivity index (χ3n) is 5.00. The topological polar surface area (TPSA) is 63.2 Å². The number of hydrogen-bond donors (Lipinski definition) is 1. The smallest absolute Gasteiger partial charge is 0.191 e. The molecule has 0 unspecified atom stereocenters. The Morgan fingerprint density at radius 2 is 1.90 bits per heavy atom. The van der Waals surface area contributed by atoms with Gasteiger partial charge in [0, 0.05) is 29.9 Å². The van der Waals surface area contributed by atoms with E-state index in [-0.39, 0.29) is 0 Å². The average Bonchev–Trinajstić information content (AvgIpc) is 3.20. The summed E-state index contributed by atoms with van der Waals surface area (Å²) >= 11 is 3.29. The Labute approximate surface area is 183 Å². The third-order valence-corrected chi connectivity index (χ3v) is 6.91. The zero-order chi connectivity index (χ0) is 20.3. The van der Waals surface area contributed by atoms with Crippen LogP contribution in [0.1, 0.15) is 13.3 Å². The highest BCUT2D eigenvalue weighted by Crippen LogP contribution is 2.35. The first-order chi connectivity index (χ1) is 14.8. The van der Waals surface area contributed by atoms with Crippen molar-refractivity contribution in [2.24, 2.45) is 0 Å². The quantitative estimate of drug-likeness (QED) is 0.323. The second-order valence-electron chi connectivity index (χ2n) is 7.10. The molecule has 8 heteroatoms. The Kier molecular flexibility index (Phi) is 5.70. The summed E-state index contributed by atoms with van der Waals surface area (Å²) in [5.74, 6) is 1.93. The van der Waals surface area contributed by atoms with E-state index in [0.29, 0.717) is 13.2 Å². The standard InChI is InChI=1S/C22H23N5OS2/c1-2-14-29-21-25-19(27-10-12-28-13-11-27)18-20(26-21)30-22(24-18)23-17-9-5-7-15-6-3-4-8-16(15)17/h3-9H,2,10-14H2,1H3,(H,23,24). The summed E-state index contributed by atoms with van der Waals surface area (Å²) in [5.41, 5.74) is 1.92. The van der Waals surface area contributed by atoms with E-state index >= 15 is 0 Å². The van der Waals surface area contributed by atoms with Crippen molar-refractivity contribution in [3.63, 3.8) is 0 Å². The maximum Gasteiger partial charge on any atom is 0.191 e. The molecule has 2 aromatic carbocycles. The number of morpholine rings is 1. The summed E-state index contributed by atoms with van der Waals surface area (Å²) in [5, 5.41) is 7.56. The lowest BCUT2D eigenvalue weighted by Crippen LogP contribution is -2.37. The Bertz CT molecular complexity index is 1170. The molecule has 1 aliphatic rings. The summed E-state index contributed by atoms with van der Waals surface area (Å²) in [6.07, 6.45) is 1.09. The molecule has 1 fully saturated rings. The predicted octanol–water partition coefficient (Wildman–Crippen LogP) is 5.32. The van der Waals surface area contributed by atoms with Gasteiger partial charge >= 0.3 is 0 Å². The normalized spacial score (nSPS) is 14.5. The molecule has 1 saturated heterocycles. The maximum absolute atomic E-state index is 5.53. The van der Waals surface area contributed by atoms with Crippen molar-refractivity contribution < 1.29 is 4.74 Å². The van der Waals surface area contributed by atoms with Crippen molar-refractivity contribution in [3.8, 4) is 0 Å². The van der Waals surface area contributed by atoms with Crippen LogP contribution in [0.3, 0.4) is 0 Å². The van der Waals surface area contributed by atoms with Gasteiger partial charge in [-0.3, -0.25) is 0 Å². The van der Waals surface area contributed by atoms with Gasteiger partial charge in [-0.05, 0) is 17.9 Å². The molecule has 0 spiro atoms. The van der Waals surface area contributed by atoms with Gasteiger partial charge in [-0.1, -0.05) is 66.4 Å². The molecule has 30 heavy (non-hydrogen) atoms. The van der Waals surface area contributed by atoms with Crippen LogP contribution in [-0.2, 0) is 4.74 Å². The molecule has 2 aromatic heterocycles. The fourth-order valence-electron chi connectivity index (χ4n) is 3.55. The van der Waals surface area contributed by atoms with Crippen LogP contribution < -0.4 is 10.2 Å². The van der Waals surface area contributed by atoms with Gasteiger partial charge in [-0.2, -0.15) is 0 Å². The molecule has 1 aliphatic heterocycles. The van der Waals surface area contributed by atoms with E-state index in [1.807, 2.05) is 0 Å². The molecule has 0 aliphatic carbocycles. The van der Waals surface area contributed by atoms with Crippen molar-refractivity contribution in [3.05, 3.63) is 42.5 Å². The van der Waals surface area contributed by atoms with Crippen LogP contribution in [0.5, 0.6) is 0 Å². The first-order valence-corrected chi connectivity index (χ1v) is 12.0. The van der Waals surface area contributed by atoms with Gasteiger partial charge in [0.2, 0.25) is 0 Å². The minimum atomic E-state index is 0.716.